The van der Waals surface area contributed by atoms with Gasteiger partial charge in [-0.05, 0) is 49.4 Å². The SMILES string of the molecule is C[SiH](CCCP(c1ccccc1)c1ccccc1)CCCP(c1ccccc1)c1ccccc1. The van der Waals surface area contributed by atoms with E-state index in [9.17, 15) is 0 Å². The zero-order chi connectivity index (χ0) is 23.4. The Morgan fingerprint density at radius 1 is 0.441 bits per heavy atom. The molecule has 0 radical (unpaired) electrons. The minimum Gasteiger partial charge on any atom is -0.0720 e. The summed E-state index contributed by atoms with van der Waals surface area (Å²) in [5, 5.41) is 6.09. The zero-order valence-electron chi connectivity index (χ0n) is 20.3. The van der Waals surface area contributed by atoms with Crippen LogP contribution in [0.1, 0.15) is 12.8 Å². The summed E-state index contributed by atoms with van der Waals surface area (Å²) in [4.78, 5) is 0. The van der Waals surface area contributed by atoms with Gasteiger partial charge >= 0.3 is 0 Å². The van der Waals surface area contributed by atoms with E-state index in [1.807, 2.05) is 0 Å². The minimum absolute atomic E-state index is 0.240. The predicted octanol–water partition coefficient (Wildman–Crippen LogP) is 6.89. The quantitative estimate of drug-likeness (QED) is 0.147. The molecule has 0 bridgehead atoms. The molecular formula is C31H36P2Si. The smallest absolute Gasteiger partial charge is 0.0336 e. The molecule has 0 aliphatic rings. The Hall–Kier alpha value is -2.04. The summed E-state index contributed by atoms with van der Waals surface area (Å²) in [7, 11) is -1.15. The van der Waals surface area contributed by atoms with Gasteiger partial charge in [0.2, 0.25) is 0 Å². The molecule has 0 aliphatic carbocycles. The summed E-state index contributed by atoms with van der Waals surface area (Å²) in [6.07, 6.45) is 5.38. The van der Waals surface area contributed by atoms with Crippen LogP contribution in [0.3, 0.4) is 0 Å². The highest BCUT2D eigenvalue weighted by Crippen LogP contribution is 2.36. The molecule has 0 heterocycles. The van der Waals surface area contributed by atoms with Gasteiger partial charge in [0, 0.05) is 8.80 Å². The molecule has 0 saturated carbocycles. The van der Waals surface area contributed by atoms with Gasteiger partial charge in [-0.3, -0.25) is 0 Å². The lowest BCUT2D eigenvalue weighted by atomic mass is 10.4. The molecule has 0 spiro atoms. The van der Waals surface area contributed by atoms with Gasteiger partial charge in [0.1, 0.15) is 0 Å². The van der Waals surface area contributed by atoms with Crippen molar-refractivity contribution in [1.82, 2.24) is 0 Å². The largest absolute Gasteiger partial charge is 0.0720 e. The Labute approximate surface area is 210 Å². The number of rotatable bonds is 12. The van der Waals surface area contributed by atoms with Crippen LogP contribution in [-0.2, 0) is 0 Å². The molecule has 3 heteroatoms. The van der Waals surface area contributed by atoms with Crippen molar-refractivity contribution in [1.29, 1.82) is 0 Å². The van der Waals surface area contributed by atoms with Crippen LogP contribution < -0.4 is 21.2 Å². The molecular weight excluding hydrogens is 462 g/mol. The fraction of sp³-hybridized carbons (Fsp3) is 0.226. The van der Waals surface area contributed by atoms with Gasteiger partial charge in [-0.15, -0.1) is 0 Å². The highest BCUT2D eigenvalue weighted by Gasteiger charge is 2.16. The molecule has 4 aromatic rings. The fourth-order valence-corrected chi connectivity index (χ4v) is 12.1. The van der Waals surface area contributed by atoms with Crippen LogP contribution >= 0.6 is 15.8 Å². The third-order valence-corrected chi connectivity index (χ3v) is 14.4. The first-order valence-electron chi connectivity index (χ1n) is 12.6. The minimum atomic E-state index is -0.675. The second-order valence-corrected chi connectivity index (χ2v) is 17.1. The number of benzene rings is 4. The first kappa shape index (κ1) is 25.1. The lowest BCUT2D eigenvalue weighted by Crippen LogP contribution is -2.16. The molecule has 0 N–H and O–H groups in total. The van der Waals surface area contributed by atoms with Gasteiger partial charge in [0.15, 0.2) is 0 Å². The van der Waals surface area contributed by atoms with E-state index in [1.54, 1.807) is 0 Å². The molecule has 0 unspecified atom stereocenters. The average Bonchev–Trinajstić information content (AvgIpc) is 2.91. The number of hydrogen-bond acceptors (Lipinski definition) is 0. The van der Waals surface area contributed by atoms with Crippen LogP contribution in [0.15, 0.2) is 121 Å². The first-order valence-corrected chi connectivity index (χ1v) is 18.4. The molecule has 0 nitrogen and oxygen atoms in total. The summed E-state index contributed by atoms with van der Waals surface area (Å²) >= 11 is 0. The summed E-state index contributed by atoms with van der Waals surface area (Å²) in [5.74, 6) is 0. The highest BCUT2D eigenvalue weighted by molar-refractivity contribution is 7.73. The standard InChI is InChI=1S/C31H36P2Si/c1-34(26-14-24-32(28-16-6-2-7-17-28)29-18-8-3-9-19-29)27-15-25-33(30-20-10-4-11-21-30)31-22-12-5-13-23-31/h2-13,16-23,34H,14-15,24-27H2,1H3. The number of hydrogen-bond donors (Lipinski definition) is 0. The second kappa shape index (κ2) is 13.7. The normalized spacial score (nSPS) is 11.4. The van der Waals surface area contributed by atoms with E-state index >= 15 is 0 Å². The molecule has 0 saturated heterocycles. The maximum absolute atomic E-state index is 2.60. The molecule has 174 valence electrons. The van der Waals surface area contributed by atoms with Crippen molar-refractivity contribution in [3.63, 3.8) is 0 Å². The van der Waals surface area contributed by atoms with Crippen molar-refractivity contribution in [2.24, 2.45) is 0 Å². The molecule has 0 atom stereocenters. The lowest BCUT2D eigenvalue weighted by molar-refractivity contribution is 1.02. The van der Waals surface area contributed by atoms with Crippen LogP contribution in [-0.4, -0.2) is 21.1 Å². The molecule has 4 rings (SSSR count). The van der Waals surface area contributed by atoms with E-state index in [2.05, 4.69) is 128 Å². The molecule has 4 aromatic carbocycles. The maximum Gasteiger partial charge on any atom is 0.0336 e. The summed E-state index contributed by atoms with van der Waals surface area (Å²) < 4.78 is 0. The van der Waals surface area contributed by atoms with Crippen LogP contribution in [0.2, 0.25) is 18.6 Å². The second-order valence-electron chi connectivity index (χ2n) is 9.04. The van der Waals surface area contributed by atoms with Gasteiger partial charge in [-0.1, -0.05) is 153 Å². The molecule has 0 aromatic heterocycles. The van der Waals surface area contributed by atoms with Crippen LogP contribution in [0, 0.1) is 0 Å². The van der Waals surface area contributed by atoms with E-state index in [0.717, 1.165) is 0 Å². The van der Waals surface area contributed by atoms with Crippen molar-refractivity contribution in [2.45, 2.75) is 31.5 Å². The topological polar surface area (TPSA) is 0 Å². The van der Waals surface area contributed by atoms with Crippen molar-refractivity contribution in [2.75, 3.05) is 12.3 Å². The third kappa shape index (κ3) is 7.48. The van der Waals surface area contributed by atoms with E-state index in [4.69, 9.17) is 0 Å². The van der Waals surface area contributed by atoms with Gasteiger partial charge in [-0.2, -0.15) is 0 Å². The van der Waals surface area contributed by atoms with E-state index in [1.165, 1.54) is 58.5 Å². The van der Waals surface area contributed by atoms with Crippen LogP contribution in [0.25, 0.3) is 0 Å². The van der Waals surface area contributed by atoms with Crippen molar-refractivity contribution >= 4 is 45.9 Å². The summed E-state index contributed by atoms with van der Waals surface area (Å²) in [5.41, 5.74) is 0. The molecule has 0 aliphatic heterocycles. The zero-order valence-corrected chi connectivity index (χ0v) is 23.2. The Bertz CT molecular complexity index is 903. The molecule has 0 fully saturated rings. The van der Waals surface area contributed by atoms with Crippen molar-refractivity contribution < 1.29 is 0 Å². The van der Waals surface area contributed by atoms with Gasteiger partial charge in [-0.25, -0.2) is 0 Å². The summed E-state index contributed by atoms with van der Waals surface area (Å²) in [6.45, 7) is 2.60. The van der Waals surface area contributed by atoms with E-state index in [-0.39, 0.29) is 15.8 Å². The van der Waals surface area contributed by atoms with E-state index in [0.29, 0.717) is 0 Å². The molecule has 0 amide bonds. The van der Waals surface area contributed by atoms with Gasteiger partial charge < -0.3 is 0 Å². The Morgan fingerprint density at radius 3 is 0.971 bits per heavy atom. The maximum atomic E-state index is 2.60. The Kier molecular flexibility index (Phi) is 10.1. The summed E-state index contributed by atoms with van der Waals surface area (Å²) in [6, 6.07) is 47.7. The van der Waals surface area contributed by atoms with Gasteiger partial charge in [0.05, 0.1) is 0 Å². The predicted molar refractivity (Wildman–Crippen MR) is 160 cm³/mol. The monoisotopic (exact) mass is 498 g/mol. The lowest BCUT2D eigenvalue weighted by Gasteiger charge is -2.21. The van der Waals surface area contributed by atoms with Crippen molar-refractivity contribution in [3.05, 3.63) is 121 Å². The molecule has 34 heavy (non-hydrogen) atoms. The van der Waals surface area contributed by atoms with E-state index < -0.39 is 8.80 Å². The fourth-order valence-electron chi connectivity index (χ4n) is 4.59. The highest BCUT2D eigenvalue weighted by atomic mass is 31.1. The Balaban J connectivity index is 1.30. The van der Waals surface area contributed by atoms with Crippen molar-refractivity contribution in [3.8, 4) is 0 Å². The van der Waals surface area contributed by atoms with Gasteiger partial charge in [0.25, 0.3) is 0 Å². The average molecular weight is 499 g/mol. The van der Waals surface area contributed by atoms with Crippen LogP contribution in [0.5, 0.6) is 0 Å². The van der Waals surface area contributed by atoms with Crippen LogP contribution in [0.4, 0.5) is 0 Å². The third-order valence-electron chi connectivity index (χ3n) is 6.43. The first-order chi connectivity index (χ1) is 16.8. The Morgan fingerprint density at radius 2 is 0.706 bits per heavy atom.